The van der Waals surface area contributed by atoms with Crippen LogP contribution < -0.4 is 4.90 Å². The van der Waals surface area contributed by atoms with Crippen LogP contribution in [0.2, 0.25) is 5.28 Å². The number of aromatic nitrogens is 2. The molecule has 98 valence electrons. The van der Waals surface area contributed by atoms with Crippen LogP contribution in [0.1, 0.15) is 18.2 Å². The normalized spacial score (nSPS) is 18.3. The minimum atomic E-state index is 0.311. The highest BCUT2D eigenvalue weighted by Gasteiger charge is 2.23. The molecule has 3 nitrogen and oxygen atoms in total. The molecule has 0 N–H and O–H groups in total. The van der Waals surface area contributed by atoms with E-state index in [2.05, 4.69) is 46.1 Å². The Morgan fingerprint density at radius 1 is 1.26 bits per heavy atom. The number of hydrogen-bond donors (Lipinski definition) is 0. The van der Waals surface area contributed by atoms with E-state index >= 15 is 0 Å². The number of benzene rings is 1. The van der Waals surface area contributed by atoms with Gasteiger partial charge in [0.05, 0.1) is 0 Å². The number of rotatable bonds is 1. The van der Waals surface area contributed by atoms with Gasteiger partial charge in [-0.3, -0.25) is 0 Å². The van der Waals surface area contributed by atoms with E-state index in [1.165, 1.54) is 11.3 Å². The lowest BCUT2D eigenvalue weighted by atomic mass is 9.94. The van der Waals surface area contributed by atoms with Gasteiger partial charge in [-0.1, -0.05) is 25.1 Å². The Balaban J connectivity index is 2.09. The Kier molecular flexibility index (Phi) is 3.15. The Morgan fingerprint density at radius 2 is 2.05 bits per heavy atom. The highest BCUT2D eigenvalue weighted by Crippen LogP contribution is 2.34. The fraction of sp³-hybridized carbons (Fsp3) is 0.333. The summed E-state index contributed by atoms with van der Waals surface area (Å²) in [7, 11) is 0. The summed E-state index contributed by atoms with van der Waals surface area (Å²) in [5.41, 5.74) is 3.49. The molecule has 1 unspecified atom stereocenters. The van der Waals surface area contributed by atoms with Crippen LogP contribution in [-0.4, -0.2) is 16.5 Å². The van der Waals surface area contributed by atoms with E-state index in [1.807, 2.05) is 13.0 Å². The van der Waals surface area contributed by atoms with Gasteiger partial charge in [-0.05, 0) is 42.5 Å². The van der Waals surface area contributed by atoms with Crippen LogP contribution in [0.15, 0.2) is 30.3 Å². The first-order valence-electron chi connectivity index (χ1n) is 6.50. The van der Waals surface area contributed by atoms with Gasteiger partial charge in [-0.25, -0.2) is 9.97 Å². The van der Waals surface area contributed by atoms with Crippen molar-refractivity contribution in [1.82, 2.24) is 9.97 Å². The molecule has 1 aromatic heterocycles. The zero-order chi connectivity index (χ0) is 13.4. The van der Waals surface area contributed by atoms with Gasteiger partial charge in [0.15, 0.2) is 0 Å². The summed E-state index contributed by atoms with van der Waals surface area (Å²) in [6.07, 6.45) is 1.12. The first-order chi connectivity index (χ1) is 9.13. The SMILES string of the molecule is Cc1cc(N2CC(C)Cc3ccccc32)nc(Cl)n1. The zero-order valence-corrected chi connectivity index (χ0v) is 11.9. The number of halogens is 1. The van der Waals surface area contributed by atoms with Gasteiger partial charge in [-0.2, -0.15) is 0 Å². The molecule has 1 aliphatic heterocycles. The molecule has 0 amide bonds. The maximum absolute atomic E-state index is 5.98. The molecule has 0 spiro atoms. The Morgan fingerprint density at radius 3 is 2.84 bits per heavy atom. The molecule has 0 bridgehead atoms. The summed E-state index contributed by atoms with van der Waals surface area (Å²) in [5.74, 6) is 1.49. The molecule has 1 aliphatic rings. The Labute approximate surface area is 118 Å². The third-order valence-electron chi connectivity index (χ3n) is 3.43. The highest BCUT2D eigenvalue weighted by atomic mass is 35.5. The lowest BCUT2D eigenvalue weighted by Gasteiger charge is -2.34. The lowest BCUT2D eigenvalue weighted by Crippen LogP contribution is -2.31. The first kappa shape index (κ1) is 12.4. The van der Waals surface area contributed by atoms with Gasteiger partial charge in [0.1, 0.15) is 5.82 Å². The molecule has 2 aromatic rings. The molecule has 0 radical (unpaired) electrons. The topological polar surface area (TPSA) is 29.0 Å². The van der Waals surface area contributed by atoms with Gasteiger partial charge in [0.2, 0.25) is 5.28 Å². The fourth-order valence-electron chi connectivity index (χ4n) is 2.67. The van der Waals surface area contributed by atoms with Crippen molar-refractivity contribution in [2.24, 2.45) is 5.92 Å². The zero-order valence-electron chi connectivity index (χ0n) is 11.1. The average molecular weight is 274 g/mol. The summed E-state index contributed by atoms with van der Waals surface area (Å²) < 4.78 is 0. The van der Waals surface area contributed by atoms with Gasteiger partial charge in [0.25, 0.3) is 0 Å². The third-order valence-corrected chi connectivity index (χ3v) is 3.60. The average Bonchev–Trinajstić information content (AvgIpc) is 2.36. The molecule has 19 heavy (non-hydrogen) atoms. The summed E-state index contributed by atoms with van der Waals surface area (Å²) in [4.78, 5) is 10.7. The van der Waals surface area contributed by atoms with Gasteiger partial charge in [0, 0.05) is 24.0 Å². The van der Waals surface area contributed by atoms with Crippen LogP contribution in [0.5, 0.6) is 0 Å². The van der Waals surface area contributed by atoms with Crippen molar-refractivity contribution >= 4 is 23.1 Å². The predicted octanol–water partition coefficient (Wildman–Crippen LogP) is 3.77. The van der Waals surface area contributed by atoms with Gasteiger partial charge >= 0.3 is 0 Å². The molecule has 1 atom stereocenters. The van der Waals surface area contributed by atoms with Crippen LogP contribution in [0.3, 0.4) is 0 Å². The van der Waals surface area contributed by atoms with E-state index in [1.54, 1.807) is 0 Å². The van der Waals surface area contributed by atoms with Crippen LogP contribution in [0.4, 0.5) is 11.5 Å². The molecule has 0 aliphatic carbocycles. The fourth-order valence-corrected chi connectivity index (χ4v) is 2.89. The van der Waals surface area contributed by atoms with E-state index in [-0.39, 0.29) is 0 Å². The van der Waals surface area contributed by atoms with Gasteiger partial charge < -0.3 is 4.90 Å². The van der Waals surface area contributed by atoms with Crippen molar-refractivity contribution in [3.05, 3.63) is 46.9 Å². The van der Waals surface area contributed by atoms with E-state index in [9.17, 15) is 0 Å². The van der Waals surface area contributed by atoms with Crippen molar-refractivity contribution in [3.8, 4) is 0 Å². The molecule has 4 heteroatoms. The number of anilines is 2. The summed E-state index contributed by atoms with van der Waals surface area (Å²) in [6, 6.07) is 10.5. The minimum absolute atomic E-state index is 0.311. The van der Waals surface area contributed by atoms with Crippen molar-refractivity contribution in [3.63, 3.8) is 0 Å². The second-order valence-corrected chi connectivity index (χ2v) is 5.52. The van der Waals surface area contributed by atoms with Crippen molar-refractivity contribution < 1.29 is 0 Å². The predicted molar refractivity (Wildman–Crippen MR) is 78.1 cm³/mol. The van der Waals surface area contributed by atoms with E-state index < -0.39 is 0 Å². The smallest absolute Gasteiger partial charge is 0.224 e. The quantitative estimate of drug-likeness (QED) is 0.741. The summed E-state index contributed by atoms with van der Waals surface area (Å²) in [5, 5.41) is 0.311. The number of para-hydroxylation sites is 1. The molecule has 0 saturated heterocycles. The largest absolute Gasteiger partial charge is 0.326 e. The van der Waals surface area contributed by atoms with Gasteiger partial charge in [-0.15, -0.1) is 0 Å². The van der Waals surface area contributed by atoms with E-state index in [0.717, 1.165) is 24.5 Å². The molecule has 3 rings (SSSR count). The number of nitrogens with zero attached hydrogens (tertiary/aromatic N) is 3. The second-order valence-electron chi connectivity index (χ2n) is 5.19. The lowest BCUT2D eigenvalue weighted by molar-refractivity contribution is 0.560. The van der Waals surface area contributed by atoms with E-state index in [0.29, 0.717) is 11.2 Å². The van der Waals surface area contributed by atoms with Crippen LogP contribution in [0.25, 0.3) is 0 Å². The maximum atomic E-state index is 5.98. The number of aryl methyl sites for hydroxylation is 1. The number of hydrogen-bond acceptors (Lipinski definition) is 3. The summed E-state index contributed by atoms with van der Waals surface area (Å²) >= 11 is 5.98. The molecule has 2 heterocycles. The van der Waals surface area contributed by atoms with Crippen LogP contribution >= 0.6 is 11.6 Å². The molecular formula is C15H16ClN3. The summed E-state index contributed by atoms with van der Waals surface area (Å²) in [6.45, 7) is 5.17. The second kappa shape index (κ2) is 4.82. The third kappa shape index (κ3) is 2.43. The number of fused-ring (bicyclic) bond motifs is 1. The van der Waals surface area contributed by atoms with E-state index in [4.69, 9.17) is 11.6 Å². The maximum Gasteiger partial charge on any atom is 0.224 e. The van der Waals surface area contributed by atoms with Crippen molar-refractivity contribution in [2.45, 2.75) is 20.3 Å². The van der Waals surface area contributed by atoms with Crippen molar-refractivity contribution in [2.75, 3.05) is 11.4 Å². The molecule has 1 aromatic carbocycles. The standard InChI is InChI=1S/C15H16ClN3/c1-10-7-12-5-3-4-6-13(12)19(9-10)14-8-11(2)17-15(16)18-14/h3-6,8,10H,7,9H2,1-2H3. The van der Waals surface area contributed by atoms with Crippen LogP contribution in [-0.2, 0) is 6.42 Å². The molecule has 0 saturated carbocycles. The highest BCUT2D eigenvalue weighted by molar-refractivity contribution is 6.28. The van der Waals surface area contributed by atoms with Crippen LogP contribution in [0, 0.1) is 12.8 Å². The minimum Gasteiger partial charge on any atom is -0.326 e. The monoisotopic (exact) mass is 273 g/mol. The Hall–Kier alpha value is -1.61. The van der Waals surface area contributed by atoms with Crippen molar-refractivity contribution in [1.29, 1.82) is 0 Å². The molecule has 0 fully saturated rings. The first-order valence-corrected chi connectivity index (χ1v) is 6.88. The Bertz CT molecular complexity index is 592. The molecular weight excluding hydrogens is 258 g/mol.